The first-order chi connectivity index (χ1) is 9.13. The molecule has 3 rings (SSSR count). The van der Waals surface area contributed by atoms with Crippen molar-refractivity contribution < 1.29 is 0 Å². The van der Waals surface area contributed by atoms with E-state index >= 15 is 0 Å². The molecule has 0 saturated heterocycles. The summed E-state index contributed by atoms with van der Waals surface area (Å²) in [6, 6.07) is 5.83. The van der Waals surface area contributed by atoms with Gasteiger partial charge in [0.05, 0.1) is 12.2 Å². The van der Waals surface area contributed by atoms with Crippen LogP contribution in [0.15, 0.2) is 24.4 Å². The lowest BCUT2D eigenvalue weighted by Crippen LogP contribution is -2.17. The van der Waals surface area contributed by atoms with Gasteiger partial charge in [-0.1, -0.05) is 23.2 Å². The molecule has 0 bridgehead atoms. The van der Waals surface area contributed by atoms with Gasteiger partial charge in [-0.3, -0.25) is 4.68 Å². The summed E-state index contributed by atoms with van der Waals surface area (Å²) in [7, 11) is 2.00. The van der Waals surface area contributed by atoms with Crippen LogP contribution in [0.1, 0.15) is 30.1 Å². The van der Waals surface area contributed by atoms with Crippen LogP contribution >= 0.6 is 23.2 Å². The van der Waals surface area contributed by atoms with Gasteiger partial charge in [0.2, 0.25) is 0 Å². The summed E-state index contributed by atoms with van der Waals surface area (Å²) in [5.74, 6) is 0. The molecule has 1 heterocycles. The number of hydrogen-bond acceptors (Lipinski definition) is 2. The van der Waals surface area contributed by atoms with Crippen molar-refractivity contribution in [2.24, 2.45) is 7.05 Å². The van der Waals surface area contributed by atoms with E-state index in [0.29, 0.717) is 10.0 Å². The molecule has 5 heteroatoms. The van der Waals surface area contributed by atoms with Crippen LogP contribution in [0.4, 0.5) is 5.69 Å². The summed E-state index contributed by atoms with van der Waals surface area (Å²) in [4.78, 5) is 0. The predicted octanol–water partition coefficient (Wildman–Crippen LogP) is 4.22. The molecule has 0 spiro atoms. The summed E-state index contributed by atoms with van der Waals surface area (Å²) >= 11 is 12.1. The zero-order valence-electron chi connectivity index (χ0n) is 10.7. The van der Waals surface area contributed by atoms with Gasteiger partial charge in [0.15, 0.2) is 0 Å². The number of fused-ring (bicyclic) bond motifs is 1. The molecule has 1 unspecified atom stereocenters. The number of halogens is 2. The Hall–Kier alpha value is -1.19. The molecule has 0 amide bonds. The SMILES string of the molecule is Cn1ncc2c1CCCC2Nc1cc(Cl)cc(Cl)c1. The lowest BCUT2D eigenvalue weighted by atomic mass is 9.93. The Morgan fingerprint density at radius 1 is 1.26 bits per heavy atom. The molecule has 100 valence electrons. The predicted molar refractivity (Wildman–Crippen MR) is 79.0 cm³/mol. The van der Waals surface area contributed by atoms with Crippen LogP contribution in [-0.4, -0.2) is 9.78 Å². The van der Waals surface area contributed by atoms with Crippen LogP contribution in [0.5, 0.6) is 0 Å². The maximum Gasteiger partial charge on any atom is 0.0547 e. The topological polar surface area (TPSA) is 29.9 Å². The molecule has 0 radical (unpaired) electrons. The van der Waals surface area contributed by atoms with E-state index < -0.39 is 0 Å². The van der Waals surface area contributed by atoms with Crippen molar-refractivity contribution in [1.82, 2.24) is 9.78 Å². The van der Waals surface area contributed by atoms with Crippen LogP contribution in [-0.2, 0) is 13.5 Å². The zero-order valence-corrected chi connectivity index (χ0v) is 12.2. The van der Waals surface area contributed by atoms with Crippen molar-refractivity contribution in [3.63, 3.8) is 0 Å². The summed E-state index contributed by atoms with van der Waals surface area (Å²) in [5, 5.41) is 9.16. The molecular formula is C14H15Cl2N3. The van der Waals surface area contributed by atoms with E-state index in [4.69, 9.17) is 23.2 Å². The number of aromatic nitrogens is 2. The van der Waals surface area contributed by atoms with Crippen LogP contribution in [0, 0.1) is 0 Å². The fraction of sp³-hybridized carbons (Fsp3) is 0.357. The Morgan fingerprint density at radius 2 is 2.00 bits per heavy atom. The summed E-state index contributed by atoms with van der Waals surface area (Å²) in [5.41, 5.74) is 3.56. The summed E-state index contributed by atoms with van der Waals surface area (Å²) in [6.45, 7) is 0. The van der Waals surface area contributed by atoms with E-state index in [-0.39, 0.29) is 6.04 Å². The van der Waals surface area contributed by atoms with Gasteiger partial charge in [0, 0.05) is 34.0 Å². The Morgan fingerprint density at radius 3 is 2.74 bits per heavy atom. The number of rotatable bonds is 2. The van der Waals surface area contributed by atoms with Crippen LogP contribution in [0.2, 0.25) is 10.0 Å². The maximum absolute atomic E-state index is 6.03. The van der Waals surface area contributed by atoms with Gasteiger partial charge < -0.3 is 5.32 Å². The average molecular weight is 296 g/mol. The van der Waals surface area contributed by atoms with Gasteiger partial charge in [-0.05, 0) is 37.5 Å². The molecule has 0 aliphatic heterocycles. The van der Waals surface area contributed by atoms with Gasteiger partial charge in [0.25, 0.3) is 0 Å². The van der Waals surface area contributed by atoms with Gasteiger partial charge in [-0.2, -0.15) is 5.10 Å². The van der Waals surface area contributed by atoms with Gasteiger partial charge in [-0.15, -0.1) is 0 Å². The van der Waals surface area contributed by atoms with Crippen molar-refractivity contribution in [2.75, 3.05) is 5.32 Å². The van der Waals surface area contributed by atoms with Crippen molar-refractivity contribution in [1.29, 1.82) is 0 Å². The van der Waals surface area contributed by atoms with Crippen molar-refractivity contribution in [2.45, 2.75) is 25.3 Å². The molecule has 1 N–H and O–H groups in total. The largest absolute Gasteiger partial charge is 0.378 e. The quantitative estimate of drug-likeness (QED) is 0.899. The van der Waals surface area contributed by atoms with Gasteiger partial charge >= 0.3 is 0 Å². The van der Waals surface area contributed by atoms with E-state index in [1.807, 2.05) is 30.1 Å². The smallest absolute Gasteiger partial charge is 0.0547 e. The Kier molecular flexibility index (Phi) is 3.42. The Bertz CT molecular complexity index is 586. The maximum atomic E-state index is 6.03. The van der Waals surface area contributed by atoms with E-state index in [9.17, 15) is 0 Å². The number of hydrogen-bond donors (Lipinski definition) is 1. The minimum atomic E-state index is 0.284. The minimum Gasteiger partial charge on any atom is -0.378 e. The number of nitrogens with zero attached hydrogens (tertiary/aromatic N) is 2. The highest BCUT2D eigenvalue weighted by atomic mass is 35.5. The van der Waals surface area contributed by atoms with E-state index in [1.54, 1.807) is 6.07 Å². The normalized spacial score (nSPS) is 18.2. The molecule has 0 fully saturated rings. The Labute approximate surface area is 122 Å². The average Bonchev–Trinajstić information content (AvgIpc) is 2.71. The van der Waals surface area contributed by atoms with E-state index in [2.05, 4.69) is 10.4 Å². The van der Waals surface area contributed by atoms with Gasteiger partial charge in [-0.25, -0.2) is 0 Å². The zero-order chi connectivity index (χ0) is 13.4. The fourth-order valence-corrected chi connectivity index (χ4v) is 3.22. The molecule has 0 saturated carbocycles. The second-order valence-corrected chi connectivity index (χ2v) is 5.79. The molecule has 1 atom stereocenters. The molecule has 2 aromatic rings. The van der Waals surface area contributed by atoms with Crippen LogP contribution < -0.4 is 5.32 Å². The highest BCUT2D eigenvalue weighted by Gasteiger charge is 2.23. The Balaban J connectivity index is 1.88. The second kappa shape index (κ2) is 5.06. The van der Waals surface area contributed by atoms with Crippen LogP contribution in [0.3, 0.4) is 0 Å². The summed E-state index contributed by atoms with van der Waals surface area (Å²) in [6.07, 6.45) is 5.32. The molecule has 19 heavy (non-hydrogen) atoms. The lowest BCUT2D eigenvalue weighted by molar-refractivity contribution is 0.571. The van der Waals surface area contributed by atoms with E-state index in [1.165, 1.54) is 17.7 Å². The molecule has 1 aliphatic rings. The third kappa shape index (κ3) is 2.58. The molecule has 3 nitrogen and oxygen atoms in total. The first-order valence-electron chi connectivity index (χ1n) is 6.37. The van der Waals surface area contributed by atoms with Gasteiger partial charge in [0.1, 0.15) is 0 Å². The monoisotopic (exact) mass is 295 g/mol. The highest BCUT2D eigenvalue weighted by Crippen LogP contribution is 2.33. The van der Waals surface area contributed by atoms with E-state index in [0.717, 1.165) is 18.5 Å². The summed E-state index contributed by atoms with van der Waals surface area (Å²) < 4.78 is 1.97. The molecule has 1 aromatic heterocycles. The molecular weight excluding hydrogens is 281 g/mol. The minimum absolute atomic E-state index is 0.284. The first kappa shape index (κ1) is 12.8. The number of aryl methyl sites for hydroxylation is 1. The first-order valence-corrected chi connectivity index (χ1v) is 7.12. The fourth-order valence-electron chi connectivity index (χ4n) is 2.69. The van der Waals surface area contributed by atoms with Crippen LogP contribution in [0.25, 0.3) is 0 Å². The number of anilines is 1. The third-order valence-electron chi connectivity index (χ3n) is 3.58. The molecule has 1 aliphatic carbocycles. The molecule has 1 aromatic carbocycles. The number of nitrogens with one attached hydrogen (secondary N) is 1. The highest BCUT2D eigenvalue weighted by molar-refractivity contribution is 6.35. The number of benzene rings is 1. The standard InChI is InChI=1S/C14H15Cl2N3/c1-19-14-4-2-3-13(12(14)8-17-19)18-11-6-9(15)5-10(16)7-11/h5-8,13,18H,2-4H2,1H3. The lowest BCUT2D eigenvalue weighted by Gasteiger charge is -2.25. The third-order valence-corrected chi connectivity index (χ3v) is 4.02. The van der Waals surface area contributed by atoms with Crippen molar-refractivity contribution in [3.8, 4) is 0 Å². The van der Waals surface area contributed by atoms with Crippen molar-refractivity contribution in [3.05, 3.63) is 45.7 Å². The van der Waals surface area contributed by atoms with Crippen molar-refractivity contribution >= 4 is 28.9 Å². The second-order valence-electron chi connectivity index (χ2n) is 4.92.